The molecule has 2 aromatic carbocycles. The summed E-state index contributed by atoms with van der Waals surface area (Å²) in [5.74, 6) is 0.748. The van der Waals surface area contributed by atoms with Crippen molar-refractivity contribution in [1.29, 1.82) is 0 Å². The van der Waals surface area contributed by atoms with Gasteiger partial charge in [-0.15, -0.1) is 0 Å². The molecule has 0 saturated carbocycles. The molecule has 0 saturated heterocycles. The summed E-state index contributed by atoms with van der Waals surface area (Å²) in [5, 5.41) is 6.33. The van der Waals surface area contributed by atoms with Crippen molar-refractivity contribution in [3.8, 4) is 5.75 Å². The summed E-state index contributed by atoms with van der Waals surface area (Å²) in [7, 11) is 1.59. The van der Waals surface area contributed by atoms with Gasteiger partial charge in [0.2, 0.25) is 11.8 Å². The van der Waals surface area contributed by atoms with E-state index in [4.69, 9.17) is 16.3 Å². The van der Waals surface area contributed by atoms with Crippen LogP contribution < -0.4 is 15.4 Å². The number of amides is 2. The Balaban J connectivity index is 1.35. The van der Waals surface area contributed by atoms with Gasteiger partial charge in [-0.05, 0) is 48.4 Å². The minimum Gasteiger partial charge on any atom is -0.497 e. The maximum atomic E-state index is 12.2. The van der Waals surface area contributed by atoms with Crippen LogP contribution in [0.15, 0.2) is 36.4 Å². The summed E-state index contributed by atoms with van der Waals surface area (Å²) in [6, 6.07) is 10.8. The maximum absolute atomic E-state index is 12.2. The summed E-state index contributed by atoms with van der Waals surface area (Å²) in [4.78, 5) is 32.0. The van der Waals surface area contributed by atoms with Crippen LogP contribution in [0.25, 0.3) is 11.0 Å². The zero-order chi connectivity index (χ0) is 19.7. The van der Waals surface area contributed by atoms with Gasteiger partial charge in [0.25, 0.3) is 0 Å². The first-order chi connectivity index (χ1) is 13.5. The minimum absolute atomic E-state index is 0.0633. The number of ether oxygens (including phenoxy) is 1. The van der Waals surface area contributed by atoms with Gasteiger partial charge in [0.1, 0.15) is 11.6 Å². The van der Waals surface area contributed by atoms with Crippen LogP contribution >= 0.6 is 11.6 Å². The molecular formula is C20H19ClN4O3. The van der Waals surface area contributed by atoms with Crippen LogP contribution in [0.1, 0.15) is 23.7 Å². The Morgan fingerprint density at radius 3 is 2.96 bits per heavy atom. The van der Waals surface area contributed by atoms with E-state index in [-0.39, 0.29) is 24.2 Å². The number of carbonyl (C=O) groups excluding carboxylic acids is 2. The van der Waals surface area contributed by atoms with Crippen LogP contribution in [0.2, 0.25) is 5.02 Å². The Kier molecular flexibility index (Phi) is 4.92. The number of benzene rings is 2. The van der Waals surface area contributed by atoms with E-state index in [0.29, 0.717) is 29.6 Å². The molecule has 1 aromatic heterocycles. The third-order valence-electron chi connectivity index (χ3n) is 4.78. The Morgan fingerprint density at radius 1 is 1.29 bits per heavy atom. The number of nitrogens with zero attached hydrogens (tertiary/aromatic N) is 1. The number of H-pyrrole nitrogens is 1. The lowest BCUT2D eigenvalue weighted by molar-refractivity contribution is -0.121. The van der Waals surface area contributed by atoms with Crippen LogP contribution in [-0.2, 0) is 16.0 Å². The number of fused-ring (bicyclic) bond motifs is 2. The van der Waals surface area contributed by atoms with Crippen molar-refractivity contribution in [1.82, 2.24) is 15.3 Å². The molecule has 1 unspecified atom stereocenters. The van der Waals surface area contributed by atoms with Crippen molar-refractivity contribution in [3.05, 3.63) is 52.8 Å². The van der Waals surface area contributed by atoms with E-state index in [1.807, 2.05) is 18.2 Å². The molecule has 0 aliphatic carbocycles. The molecule has 1 aliphatic heterocycles. The molecule has 0 fully saturated rings. The molecule has 2 amide bonds. The lowest BCUT2D eigenvalue weighted by Gasteiger charge is -2.10. The second-order valence-corrected chi connectivity index (χ2v) is 7.09. The summed E-state index contributed by atoms with van der Waals surface area (Å²) >= 11 is 5.96. The van der Waals surface area contributed by atoms with Gasteiger partial charge in [-0.1, -0.05) is 11.6 Å². The molecule has 144 valence electrons. The standard InChI is InChI=1S/C20H19ClN4O3/c1-28-12-3-5-15-14(9-12)13(20(27)25-15)6-7-22-19(26)10-18-23-16-4-2-11(21)8-17(16)24-18/h2-5,8-9,13H,6-7,10H2,1H3,(H,22,26)(H,23,24)(H,25,27). The van der Waals surface area contributed by atoms with Gasteiger partial charge in [0.05, 0.1) is 30.5 Å². The van der Waals surface area contributed by atoms with Crippen molar-refractivity contribution < 1.29 is 14.3 Å². The Morgan fingerprint density at radius 2 is 2.14 bits per heavy atom. The number of hydrogen-bond donors (Lipinski definition) is 3. The first-order valence-electron chi connectivity index (χ1n) is 8.93. The van der Waals surface area contributed by atoms with Crippen molar-refractivity contribution in [2.75, 3.05) is 19.0 Å². The van der Waals surface area contributed by atoms with E-state index >= 15 is 0 Å². The highest BCUT2D eigenvalue weighted by Crippen LogP contribution is 2.36. The lowest BCUT2D eigenvalue weighted by atomic mass is 9.97. The topological polar surface area (TPSA) is 96.1 Å². The molecule has 3 aromatic rings. The third kappa shape index (κ3) is 3.66. The van der Waals surface area contributed by atoms with Gasteiger partial charge < -0.3 is 20.4 Å². The molecule has 0 bridgehead atoms. The Hall–Kier alpha value is -3.06. The zero-order valence-electron chi connectivity index (χ0n) is 15.2. The zero-order valence-corrected chi connectivity index (χ0v) is 16.0. The predicted octanol–water partition coefficient (Wildman–Crippen LogP) is 3.01. The van der Waals surface area contributed by atoms with Gasteiger partial charge in [0.15, 0.2) is 0 Å². The highest BCUT2D eigenvalue weighted by molar-refractivity contribution is 6.31. The fraction of sp³-hybridized carbons (Fsp3) is 0.250. The van der Waals surface area contributed by atoms with Crippen LogP contribution in [0.5, 0.6) is 5.75 Å². The molecule has 7 nitrogen and oxygen atoms in total. The molecule has 0 radical (unpaired) electrons. The quantitative estimate of drug-likeness (QED) is 0.594. The number of nitrogens with one attached hydrogen (secondary N) is 3. The molecule has 0 spiro atoms. The van der Waals surface area contributed by atoms with E-state index in [1.54, 1.807) is 25.3 Å². The summed E-state index contributed by atoms with van der Waals surface area (Å²) in [6.07, 6.45) is 0.640. The monoisotopic (exact) mass is 398 g/mol. The molecule has 3 N–H and O–H groups in total. The van der Waals surface area contributed by atoms with Gasteiger partial charge in [-0.25, -0.2) is 4.98 Å². The number of hydrogen-bond acceptors (Lipinski definition) is 4. The van der Waals surface area contributed by atoms with Crippen LogP contribution in [0.3, 0.4) is 0 Å². The average molecular weight is 399 g/mol. The Labute approximate surface area is 166 Å². The number of rotatable bonds is 6. The smallest absolute Gasteiger partial charge is 0.232 e. The second-order valence-electron chi connectivity index (χ2n) is 6.66. The van der Waals surface area contributed by atoms with Crippen LogP contribution in [0, 0.1) is 0 Å². The number of imidazole rings is 1. The van der Waals surface area contributed by atoms with Crippen LogP contribution in [-0.4, -0.2) is 35.4 Å². The first kappa shape index (κ1) is 18.3. The SMILES string of the molecule is COc1ccc2c(c1)C(CCNC(=O)Cc1nc3ccc(Cl)cc3[nH]1)C(=O)N2. The Bertz CT molecular complexity index is 1060. The normalized spacial score (nSPS) is 15.4. The van der Waals surface area contributed by atoms with E-state index in [9.17, 15) is 9.59 Å². The number of aromatic nitrogens is 2. The molecule has 28 heavy (non-hydrogen) atoms. The highest BCUT2D eigenvalue weighted by Gasteiger charge is 2.30. The lowest BCUT2D eigenvalue weighted by Crippen LogP contribution is -2.28. The summed E-state index contributed by atoms with van der Waals surface area (Å²) < 4.78 is 5.24. The average Bonchev–Trinajstić information content (AvgIpc) is 3.20. The van der Waals surface area contributed by atoms with E-state index < -0.39 is 0 Å². The van der Waals surface area contributed by atoms with Crippen molar-refractivity contribution in [3.63, 3.8) is 0 Å². The van der Waals surface area contributed by atoms with Crippen molar-refractivity contribution in [2.45, 2.75) is 18.8 Å². The van der Waals surface area contributed by atoms with E-state index in [2.05, 4.69) is 20.6 Å². The van der Waals surface area contributed by atoms with Gasteiger partial charge in [-0.2, -0.15) is 0 Å². The molecule has 1 atom stereocenters. The summed E-state index contributed by atoms with van der Waals surface area (Å²) in [5.41, 5.74) is 3.25. The molecule has 1 aliphatic rings. The largest absolute Gasteiger partial charge is 0.497 e. The molecular weight excluding hydrogens is 380 g/mol. The number of halogens is 1. The van der Waals surface area contributed by atoms with E-state index in [1.165, 1.54) is 0 Å². The molecule has 8 heteroatoms. The van der Waals surface area contributed by atoms with Crippen molar-refractivity contribution >= 4 is 40.1 Å². The van der Waals surface area contributed by atoms with Gasteiger partial charge in [0, 0.05) is 17.3 Å². The second kappa shape index (κ2) is 7.52. The number of carbonyl (C=O) groups is 2. The highest BCUT2D eigenvalue weighted by atomic mass is 35.5. The van der Waals surface area contributed by atoms with E-state index in [0.717, 1.165) is 22.3 Å². The fourth-order valence-corrected chi connectivity index (χ4v) is 3.58. The maximum Gasteiger partial charge on any atom is 0.232 e. The van der Waals surface area contributed by atoms with Crippen molar-refractivity contribution in [2.24, 2.45) is 0 Å². The number of aromatic amines is 1. The predicted molar refractivity (Wildman–Crippen MR) is 107 cm³/mol. The molecule has 2 heterocycles. The van der Waals surface area contributed by atoms with Crippen LogP contribution in [0.4, 0.5) is 5.69 Å². The fourth-order valence-electron chi connectivity index (χ4n) is 3.41. The van der Waals surface area contributed by atoms with Gasteiger partial charge >= 0.3 is 0 Å². The first-order valence-corrected chi connectivity index (χ1v) is 9.31. The van der Waals surface area contributed by atoms with Gasteiger partial charge in [-0.3, -0.25) is 9.59 Å². The summed E-state index contributed by atoms with van der Waals surface area (Å²) in [6.45, 7) is 0.389. The minimum atomic E-state index is -0.307. The molecule has 4 rings (SSSR count). The third-order valence-corrected chi connectivity index (χ3v) is 5.02. The number of methoxy groups -OCH3 is 1. The number of anilines is 1.